The third kappa shape index (κ3) is 2.48. The summed E-state index contributed by atoms with van der Waals surface area (Å²) >= 11 is 0. The van der Waals surface area contributed by atoms with Crippen LogP contribution in [0.1, 0.15) is 22.6 Å². The number of phenols is 2. The number of rotatable bonds is 3. The number of esters is 1. The Morgan fingerprint density at radius 3 is 2.41 bits per heavy atom. The summed E-state index contributed by atoms with van der Waals surface area (Å²) in [5.74, 6) is -0.0708. The number of methoxy groups -OCH3 is 2. The number of hydrogen-bond donors (Lipinski definition) is 2. The number of carbonyl (C=O) groups excluding carboxylic acids is 1. The van der Waals surface area contributed by atoms with E-state index in [1.807, 2.05) is 6.07 Å². The third-order valence-corrected chi connectivity index (χ3v) is 6.02. The molecule has 2 aliphatic heterocycles. The Labute approximate surface area is 166 Å². The fourth-order valence-corrected chi connectivity index (χ4v) is 4.69. The maximum atomic E-state index is 12.6. The van der Waals surface area contributed by atoms with Gasteiger partial charge in [0.25, 0.3) is 0 Å². The van der Waals surface area contributed by atoms with Gasteiger partial charge in [-0.2, -0.15) is 0 Å². The van der Waals surface area contributed by atoms with E-state index in [1.54, 1.807) is 12.1 Å². The van der Waals surface area contributed by atoms with Crippen molar-refractivity contribution in [3.63, 3.8) is 0 Å². The average molecular weight is 400 g/mol. The van der Waals surface area contributed by atoms with Gasteiger partial charge >= 0.3 is 5.97 Å². The van der Waals surface area contributed by atoms with Crippen LogP contribution in [0.15, 0.2) is 18.2 Å². The predicted octanol–water partition coefficient (Wildman–Crippen LogP) is 2.32. The maximum Gasteiger partial charge on any atom is 0.310 e. The summed E-state index contributed by atoms with van der Waals surface area (Å²) in [6.07, 6.45) is 0.497. The minimum absolute atomic E-state index is 0.0339. The second kappa shape index (κ2) is 6.37. The first-order valence-corrected chi connectivity index (χ1v) is 9.29. The number of aromatic hydroxyl groups is 2. The topological polar surface area (TPSA) is 104 Å². The number of phenolic OH excluding ortho intramolecular Hbond substituents is 2. The van der Waals surface area contributed by atoms with E-state index >= 15 is 0 Å². The second-order valence-electron chi connectivity index (χ2n) is 7.40. The molecule has 0 aromatic heterocycles. The molecule has 1 aliphatic carbocycles. The van der Waals surface area contributed by atoms with Crippen LogP contribution in [0.5, 0.6) is 34.5 Å². The second-order valence-corrected chi connectivity index (χ2v) is 7.40. The number of ether oxygens (including phenoxy) is 5. The normalized spacial score (nSPS) is 23.9. The van der Waals surface area contributed by atoms with Gasteiger partial charge in [0.15, 0.2) is 23.0 Å². The summed E-state index contributed by atoms with van der Waals surface area (Å²) in [6, 6.07) is 5.18. The summed E-state index contributed by atoms with van der Waals surface area (Å²) in [5.41, 5.74) is 2.19. The van der Waals surface area contributed by atoms with Gasteiger partial charge in [-0.1, -0.05) is 0 Å². The van der Waals surface area contributed by atoms with Crippen LogP contribution in [0.3, 0.4) is 0 Å². The van der Waals surface area contributed by atoms with Crippen molar-refractivity contribution < 1.29 is 38.7 Å². The van der Waals surface area contributed by atoms with E-state index in [0.29, 0.717) is 35.7 Å². The monoisotopic (exact) mass is 400 g/mol. The average Bonchev–Trinajstić information content (AvgIpc) is 3.34. The van der Waals surface area contributed by atoms with Crippen LogP contribution in [0.4, 0.5) is 0 Å². The molecule has 0 bridgehead atoms. The number of benzene rings is 2. The SMILES string of the molecule is COc1cc([C@@H]2c3cc4c(c(O)c3C[C@@H]3COC(=O)[C@H]32)OCO4)cc(OC)c1O. The van der Waals surface area contributed by atoms with Crippen molar-refractivity contribution in [2.45, 2.75) is 12.3 Å². The summed E-state index contributed by atoms with van der Waals surface area (Å²) in [4.78, 5) is 12.6. The molecular formula is C21H20O8. The van der Waals surface area contributed by atoms with Crippen molar-refractivity contribution in [2.75, 3.05) is 27.6 Å². The minimum atomic E-state index is -0.429. The van der Waals surface area contributed by atoms with Gasteiger partial charge in [-0.25, -0.2) is 0 Å². The fraction of sp³-hybridized carbons (Fsp3) is 0.381. The fourth-order valence-electron chi connectivity index (χ4n) is 4.69. The lowest BCUT2D eigenvalue weighted by molar-refractivity contribution is -0.141. The van der Waals surface area contributed by atoms with E-state index in [0.717, 1.165) is 5.56 Å². The van der Waals surface area contributed by atoms with Crippen LogP contribution in [0, 0.1) is 11.8 Å². The van der Waals surface area contributed by atoms with Crippen molar-refractivity contribution in [3.05, 3.63) is 34.9 Å². The standard InChI is InChI=1S/C21H20O8/c1-25-13-4-9(5-14(26-2)19(13)23)16-11-6-15-20(29-8-28-15)18(22)12(11)3-10-7-27-21(24)17(10)16/h4-6,10,16-17,22-23H,3,7-8H2,1-2H3/t10-,16-,17-/m1/s1. The molecule has 2 N–H and O–H groups in total. The molecule has 1 saturated heterocycles. The molecule has 0 spiro atoms. The smallest absolute Gasteiger partial charge is 0.310 e. The largest absolute Gasteiger partial charge is 0.504 e. The first-order chi connectivity index (χ1) is 14.0. The predicted molar refractivity (Wildman–Crippen MR) is 98.9 cm³/mol. The highest BCUT2D eigenvalue weighted by Gasteiger charge is 2.49. The van der Waals surface area contributed by atoms with E-state index in [4.69, 9.17) is 23.7 Å². The zero-order chi connectivity index (χ0) is 20.3. The number of carbonyl (C=O) groups is 1. The molecule has 1 fully saturated rings. The first kappa shape index (κ1) is 17.8. The lowest BCUT2D eigenvalue weighted by atomic mass is 9.67. The van der Waals surface area contributed by atoms with Crippen LogP contribution in [-0.4, -0.2) is 43.8 Å². The van der Waals surface area contributed by atoms with Crippen molar-refractivity contribution in [3.8, 4) is 34.5 Å². The Hall–Kier alpha value is -3.29. The molecule has 0 amide bonds. The minimum Gasteiger partial charge on any atom is -0.504 e. The molecule has 5 rings (SSSR count). The van der Waals surface area contributed by atoms with Gasteiger partial charge in [-0.3, -0.25) is 4.79 Å². The summed E-state index contributed by atoms with van der Waals surface area (Å²) in [6.45, 7) is 0.325. The van der Waals surface area contributed by atoms with Gasteiger partial charge in [0.2, 0.25) is 18.3 Å². The van der Waals surface area contributed by atoms with Gasteiger partial charge in [-0.15, -0.1) is 0 Å². The molecule has 152 valence electrons. The van der Waals surface area contributed by atoms with Crippen molar-refractivity contribution in [2.24, 2.45) is 11.8 Å². The zero-order valence-electron chi connectivity index (χ0n) is 15.9. The summed E-state index contributed by atoms with van der Waals surface area (Å²) < 4.78 is 26.9. The number of cyclic esters (lactones) is 1. The van der Waals surface area contributed by atoms with E-state index in [1.165, 1.54) is 14.2 Å². The van der Waals surface area contributed by atoms with E-state index in [2.05, 4.69) is 0 Å². The quantitative estimate of drug-likeness (QED) is 0.757. The molecule has 0 saturated carbocycles. The highest BCUT2D eigenvalue weighted by Crippen LogP contribution is 2.55. The van der Waals surface area contributed by atoms with E-state index in [-0.39, 0.29) is 41.7 Å². The highest BCUT2D eigenvalue weighted by atomic mass is 16.7. The molecule has 2 aromatic rings. The Morgan fingerprint density at radius 2 is 1.72 bits per heavy atom. The highest BCUT2D eigenvalue weighted by molar-refractivity contribution is 5.79. The van der Waals surface area contributed by atoms with E-state index in [9.17, 15) is 15.0 Å². The molecule has 8 nitrogen and oxygen atoms in total. The Bertz CT molecular complexity index is 989. The molecule has 2 aromatic carbocycles. The first-order valence-electron chi connectivity index (χ1n) is 9.29. The lowest BCUT2D eigenvalue weighted by Gasteiger charge is -2.34. The third-order valence-electron chi connectivity index (χ3n) is 6.02. The molecule has 0 radical (unpaired) electrons. The van der Waals surface area contributed by atoms with E-state index < -0.39 is 11.8 Å². The van der Waals surface area contributed by atoms with Crippen LogP contribution >= 0.6 is 0 Å². The molecule has 3 atom stereocenters. The zero-order valence-corrected chi connectivity index (χ0v) is 15.9. The number of fused-ring (bicyclic) bond motifs is 3. The van der Waals surface area contributed by atoms with Gasteiger partial charge in [0.05, 0.1) is 26.7 Å². The summed E-state index contributed by atoms with van der Waals surface area (Å²) in [7, 11) is 2.90. The molecule has 29 heavy (non-hydrogen) atoms. The lowest BCUT2D eigenvalue weighted by Crippen LogP contribution is -2.31. The Balaban J connectivity index is 1.75. The molecule has 3 aliphatic rings. The molecule has 8 heteroatoms. The number of hydrogen-bond acceptors (Lipinski definition) is 8. The van der Waals surface area contributed by atoms with Crippen molar-refractivity contribution in [1.29, 1.82) is 0 Å². The maximum absolute atomic E-state index is 12.6. The van der Waals surface area contributed by atoms with Gasteiger partial charge in [0.1, 0.15) is 0 Å². The van der Waals surface area contributed by atoms with Crippen LogP contribution < -0.4 is 18.9 Å². The Morgan fingerprint density at radius 1 is 1.00 bits per heavy atom. The van der Waals surface area contributed by atoms with Gasteiger partial charge < -0.3 is 33.9 Å². The molecular weight excluding hydrogens is 380 g/mol. The van der Waals surface area contributed by atoms with Gasteiger partial charge in [0, 0.05) is 17.4 Å². The van der Waals surface area contributed by atoms with Crippen LogP contribution in [-0.2, 0) is 16.0 Å². The van der Waals surface area contributed by atoms with Crippen LogP contribution in [0.25, 0.3) is 0 Å². The van der Waals surface area contributed by atoms with Crippen molar-refractivity contribution in [1.82, 2.24) is 0 Å². The van der Waals surface area contributed by atoms with Crippen LogP contribution in [0.2, 0.25) is 0 Å². The molecule has 0 unspecified atom stereocenters. The summed E-state index contributed by atoms with van der Waals surface area (Å²) in [5, 5.41) is 21.1. The van der Waals surface area contributed by atoms with Crippen molar-refractivity contribution >= 4 is 5.97 Å². The van der Waals surface area contributed by atoms with Gasteiger partial charge in [-0.05, 0) is 35.7 Å². The Kier molecular flexibility index (Phi) is 3.90. The molecule has 2 heterocycles.